The third-order valence-electron chi connectivity index (χ3n) is 6.94. The van der Waals surface area contributed by atoms with Crippen molar-refractivity contribution in [3.63, 3.8) is 0 Å². The van der Waals surface area contributed by atoms with Gasteiger partial charge in [-0.3, -0.25) is 0 Å². The summed E-state index contributed by atoms with van der Waals surface area (Å²) in [5.41, 5.74) is 11.5. The monoisotopic (exact) mass is 490 g/mol. The topological polar surface area (TPSA) is 40.5 Å². The first-order valence-electron chi connectivity index (χ1n) is 12.6. The average molecular weight is 491 g/mol. The van der Waals surface area contributed by atoms with E-state index in [1.807, 2.05) is 24.3 Å². The van der Waals surface area contributed by atoms with E-state index in [1.165, 1.54) is 33.4 Å². The number of phenols is 2. The molecule has 2 N–H and O–H groups in total. The molecule has 0 aliphatic heterocycles. The SMILES string of the molecule is Oc1ccc(-c2ccc(-c3ccc(-c4ccc(-c5ccc(-c6ccc(O)cc6)cc5)cc4)cc3)cc2)cc1. The largest absolute Gasteiger partial charge is 0.508 e. The molecule has 0 radical (unpaired) electrons. The van der Waals surface area contributed by atoms with Crippen LogP contribution in [-0.2, 0) is 0 Å². The smallest absolute Gasteiger partial charge is 0.115 e. The highest BCUT2D eigenvalue weighted by Gasteiger charge is 2.05. The van der Waals surface area contributed by atoms with E-state index in [-0.39, 0.29) is 11.5 Å². The number of hydrogen-bond donors (Lipinski definition) is 2. The van der Waals surface area contributed by atoms with Crippen LogP contribution in [0.5, 0.6) is 11.5 Å². The van der Waals surface area contributed by atoms with Crippen LogP contribution in [0.25, 0.3) is 55.6 Å². The molecule has 0 spiro atoms. The van der Waals surface area contributed by atoms with Gasteiger partial charge in [0.2, 0.25) is 0 Å². The van der Waals surface area contributed by atoms with Crippen LogP contribution in [0.2, 0.25) is 0 Å². The molecule has 2 heteroatoms. The fourth-order valence-corrected chi connectivity index (χ4v) is 4.73. The minimum Gasteiger partial charge on any atom is -0.508 e. The van der Waals surface area contributed by atoms with E-state index < -0.39 is 0 Å². The predicted octanol–water partition coefficient (Wildman–Crippen LogP) is 9.43. The molecule has 0 amide bonds. The van der Waals surface area contributed by atoms with Gasteiger partial charge in [-0.15, -0.1) is 0 Å². The maximum absolute atomic E-state index is 9.51. The molecular formula is C36H26O2. The van der Waals surface area contributed by atoms with Crippen molar-refractivity contribution in [2.24, 2.45) is 0 Å². The maximum Gasteiger partial charge on any atom is 0.115 e. The van der Waals surface area contributed by atoms with Gasteiger partial charge in [0, 0.05) is 0 Å². The van der Waals surface area contributed by atoms with Gasteiger partial charge >= 0.3 is 0 Å². The normalized spacial score (nSPS) is 10.8. The number of rotatable bonds is 5. The molecule has 0 atom stereocenters. The molecule has 182 valence electrons. The summed E-state index contributed by atoms with van der Waals surface area (Å²) in [6.07, 6.45) is 0. The molecule has 0 fully saturated rings. The van der Waals surface area contributed by atoms with Crippen molar-refractivity contribution in [2.45, 2.75) is 0 Å². The molecule has 0 aliphatic carbocycles. The van der Waals surface area contributed by atoms with Crippen molar-refractivity contribution in [3.8, 4) is 67.1 Å². The van der Waals surface area contributed by atoms with Gasteiger partial charge in [0.1, 0.15) is 11.5 Å². The molecule has 6 aromatic carbocycles. The molecule has 0 heterocycles. The van der Waals surface area contributed by atoms with Gasteiger partial charge in [0.05, 0.1) is 0 Å². The van der Waals surface area contributed by atoms with Gasteiger partial charge in [0.15, 0.2) is 0 Å². The fraction of sp³-hybridized carbons (Fsp3) is 0. The molecule has 0 bridgehead atoms. The van der Waals surface area contributed by atoms with E-state index in [0.717, 1.165) is 22.3 Å². The Morgan fingerprint density at radius 2 is 0.289 bits per heavy atom. The van der Waals surface area contributed by atoms with Gasteiger partial charge in [0.25, 0.3) is 0 Å². The molecule has 6 rings (SSSR count). The molecule has 6 aromatic rings. The fourth-order valence-electron chi connectivity index (χ4n) is 4.73. The Morgan fingerprint density at radius 1 is 0.184 bits per heavy atom. The molecule has 2 nitrogen and oxygen atoms in total. The van der Waals surface area contributed by atoms with Crippen molar-refractivity contribution in [1.82, 2.24) is 0 Å². The zero-order valence-corrected chi connectivity index (χ0v) is 20.8. The predicted molar refractivity (Wildman–Crippen MR) is 157 cm³/mol. The molecule has 38 heavy (non-hydrogen) atoms. The third-order valence-corrected chi connectivity index (χ3v) is 6.94. The summed E-state index contributed by atoms with van der Waals surface area (Å²) < 4.78 is 0. The highest BCUT2D eigenvalue weighted by Crippen LogP contribution is 2.30. The van der Waals surface area contributed by atoms with Crippen molar-refractivity contribution in [1.29, 1.82) is 0 Å². The van der Waals surface area contributed by atoms with E-state index in [0.29, 0.717) is 0 Å². The van der Waals surface area contributed by atoms with Crippen LogP contribution in [0.15, 0.2) is 146 Å². The van der Waals surface area contributed by atoms with Crippen LogP contribution in [0.3, 0.4) is 0 Å². The van der Waals surface area contributed by atoms with Gasteiger partial charge in [-0.2, -0.15) is 0 Å². The summed E-state index contributed by atoms with van der Waals surface area (Å²) in [5, 5.41) is 19.0. The Bertz CT molecular complexity index is 1510. The molecule has 0 unspecified atom stereocenters. The number of aromatic hydroxyl groups is 2. The molecule has 0 saturated carbocycles. The molecule has 0 aliphatic rings. The Kier molecular flexibility index (Phi) is 6.21. The summed E-state index contributed by atoms with van der Waals surface area (Å²) >= 11 is 0. The second-order valence-corrected chi connectivity index (χ2v) is 9.40. The first-order valence-corrected chi connectivity index (χ1v) is 12.6. The Morgan fingerprint density at radius 3 is 0.421 bits per heavy atom. The van der Waals surface area contributed by atoms with E-state index >= 15 is 0 Å². The zero-order valence-electron chi connectivity index (χ0n) is 20.8. The lowest BCUT2D eigenvalue weighted by molar-refractivity contribution is 0.475. The highest BCUT2D eigenvalue weighted by atomic mass is 16.3. The highest BCUT2D eigenvalue weighted by molar-refractivity contribution is 5.76. The Hall–Kier alpha value is -5.08. The minimum absolute atomic E-state index is 0.278. The molecule has 0 aromatic heterocycles. The van der Waals surface area contributed by atoms with Crippen LogP contribution < -0.4 is 0 Å². The van der Waals surface area contributed by atoms with E-state index in [9.17, 15) is 10.2 Å². The van der Waals surface area contributed by atoms with Crippen molar-refractivity contribution < 1.29 is 10.2 Å². The van der Waals surface area contributed by atoms with Gasteiger partial charge in [-0.25, -0.2) is 0 Å². The summed E-state index contributed by atoms with van der Waals surface area (Å²) in [5.74, 6) is 0.557. The second kappa shape index (κ2) is 10.1. The van der Waals surface area contributed by atoms with Gasteiger partial charge in [-0.05, 0) is 79.9 Å². The average Bonchev–Trinajstić information content (AvgIpc) is 2.98. The third kappa shape index (κ3) is 4.93. The van der Waals surface area contributed by atoms with E-state index in [4.69, 9.17) is 0 Å². The molecule has 0 saturated heterocycles. The first kappa shape index (κ1) is 23.3. The summed E-state index contributed by atoms with van der Waals surface area (Å²) in [6.45, 7) is 0. The van der Waals surface area contributed by atoms with Gasteiger partial charge < -0.3 is 10.2 Å². The maximum atomic E-state index is 9.51. The standard InChI is InChI=1S/C36H26O2/c37-35-21-17-33(18-22-35)31-13-9-29(10-14-31)27-5-1-25(2-6-27)26-3-7-28(8-4-26)30-11-15-32(16-12-30)34-19-23-36(38)24-20-34/h1-24,37-38H. The first-order chi connectivity index (χ1) is 18.6. The summed E-state index contributed by atoms with van der Waals surface area (Å²) in [4.78, 5) is 0. The van der Waals surface area contributed by atoms with Crippen LogP contribution >= 0.6 is 0 Å². The lowest BCUT2D eigenvalue weighted by Gasteiger charge is -2.09. The minimum atomic E-state index is 0.278. The lowest BCUT2D eigenvalue weighted by Crippen LogP contribution is -1.83. The number of phenolic OH excluding ortho intramolecular Hbond substituents is 2. The van der Waals surface area contributed by atoms with Crippen LogP contribution in [0.4, 0.5) is 0 Å². The Labute approximate surface area is 222 Å². The summed E-state index contributed by atoms with van der Waals surface area (Å²) in [7, 11) is 0. The Balaban J connectivity index is 1.16. The number of benzene rings is 6. The van der Waals surface area contributed by atoms with Crippen LogP contribution in [0, 0.1) is 0 Å². The zero-order chi connectivity index (χ0) is 25.9. The van der Waals surface area contributed by atoms with Gasteiger partial charge in [-0.1, -0.05) is 121 Å². The van der Waals surface area contributed by atoms with E-state index in [1.54, 1.807) is 24.3 Å². The van der Waals surface area contributed by atoms with Crippen molar-refractivity contribution >= 4 is 0 Å². The van der Waals surface area contributed by atoms with Crippen molar-refractivity contribution in [2.75, 3.05) is 0 Å². The van der Waals surface area contributed by atoms with E-state index in [2.05, 4.69) is 97.1 Å². The number of hydrogen-bond acceptors (Lipinski definition) is 2. The van der Waals surface area contributed by atoms with Crippen LogP contribution in [-0.4, -0.2) is 10.2 Å². The van der Waals surface area contributed by atoms with Crippen LogP contribution in [0.1, 0.15) is 0 Å². The quantitative estimate of drug-likeness (QED) is 0.253. The molecular weight excluding hydrogens is 464 g/mol. The summed E-state index contributed by atoms with van der Waals surface area (Å²) in [6, 6.07) is 48.9. The van der Waals surface area contributed by atoms with Crippen molar-refractivity contribution in [3.05, 3.63) is 146 Å². The lowest BCUT2D eigenvalue weighted by atomic mass is 9.96. The second-order valence-electron chi connectivity index (χ2n) is 9.40.